The van der Waals surface area contributed by atoms with Crippen LogP contribution in [-0.4, -0.2) is 24.1 Å². The number of pyridine rings is 1. The van der Waals surface area contributed by atoms with E-state index in [1.54, 1.807) is 6.07 Å². The number of hydrogen-bond acceptors (Lipinski definition) is 3. The molecule has 2 aromatic rings. The highest BCUT2D eigenvalue weighted by molar-refractivity contribution is 5.52. The summed E-state index contributed by atoms with van der Waals surface area (Å²) in [5.41, 5.74) is 3.24. The number of nitrogens with one attached hydrogen (secondary N) is 1. The summed E-state index contributed by atoms with van der Waals surface area (Å²) in [6.45, 7) is 4.00. The minimum Gasteiger partial charge on any atom is -0.382 e. The molecule has 0 atom stereocenters. The molecule has 4 heteroatoms. The number of aryl methyl sites for hydroxylation is 1. The van der Waals surface area contributed by atoms with Gasteiger partial charge in [0.15, 0.2) is 0 Å². The fourth-order valence-electron chi connectivity index (χ4n) is 2.85. The molecule has 1 fully saturated rings. The van der Waals surface area contributed by atoms with E-state index in [1.807, 2.05) is 25.4 Å². The lowest BCUT2D eigenvalue weighted by Crippen LogP contribution is -2.39. The fourth-order valence-corrected chi connectivity index (χ4v) is 2.85. The Morgan fingerprint density at radius 3 is 2.52 bits per heavy atom. The van der Waals surface area contributed by atoms with E-state index in [0.717, 1.165) is 37.2 Å². The van der Waals surface area contributed by atoms with Gasteiger partial charge in [-0.1, -0.05) is 0 Å². The van der Waals surface area contributed by atoms with E-state index in [0.29, 0.717) is 6.04 Å². The van der Waals surface area contributed by atoms with Gasteiger partial charge in [0, 0.05) is 42.9 Å². The second-order valence-electron chi connectivity index (χ2n) is 5.57. The monoisotopic (exact) mass is 285 g/mol. The minimum absolute atomic E-state index is 0.175. The largest absolute Gasteiger partial charge is 0.382 e. The Labute approximate surface area is 124 Å². The first-order valence-electron chi connectivity index (χ1n) is 7.40. The van der Waals surface area contributed by atoms with Crippen LogP contribution in [0.3, 0.4) is 0 Å². The quantitative estimate of drug-likeness (QED) is 0.933. The number of hydrogen-bond donors (Lipinski definition) is 1. The lowest BCUT2D eigenvalue weighted by atomic mass is 10.0. The van der Waals surface area contributed by atoms with E-state index in [9.17, 15) is 4.39 Å². The van der Waals surface area contributed by atoms with E-state index in [2.05, 4.69) is 27.3 Å². The predicted octanol–water partition coefficient (Wildman–Crippen LogP) is 3.61. The summed E-state index contributed by atoms with van der Waals surface area (Å²) in [4.78, 5) is 6.44. The van der Waals surface area contributed by atoms with Crippen molar-refractivity contribution in [3.8, 4) is 0 Å². The normalized spacial score (nSPS) is 16.0. The summed E-state index contributed by atoms with van der Waals surface area (Å²) in [6, 6.07) is 9.48. The molecular formula is C17H20FN3. The van der Waals surface area contributed by atoms with Crippen molar-refractivity contribution in [3.05, 3.63) is 54.1 Å². The number of piperidine rings is 1. The summed E-state index contributed by atoms with van der Waals surface area (Å²) in [5, 5.41) is 3.54. The first-order chi connectivity index (χ1) is 10.2. The van der Waals surface area contributed by atoms with E-state index in [4.69, 9.17) is 0 Å². The molecule has 0 unspecified atom stereocenters. The van der Waals surface area contributed by atoms with Crippen molar-refractivity contribution in [1.82, 2.24) is 4.98 Å². The molecule has 1 aromatic carbocycles. The first kappa shape index (κ1) is 13.9. The second kappa shape index (κ2) is 6.12. The Morgan fingerprint density at radius 2 is 1.86 bits per heavy atom. The third-order valence-electron chi connectivity index (χ3n) is 4.07. The molecule has 0 radical (unpaired) electrons. The number of anilines is 2. The molecule has 1 aliphatic rings. The standard InChI is InChI=1S/C17H20FN3/c1-13-12-14(18)2-3-17(13)20-15-6-10-21(11-7-15)16-4-8-19-9-5-16/h2-5,8-9,12,15,20H,6-7,10-11H2,1H3. The third-order valence-corrected chi connectivity index (χ3v) is 4.07. The highest BCUT2D eigenvalue weighted by Crippen LogP contribution is 2.23. The molecule has 110 valence electrons. The van der Waals surface area contributed by atoms with Crippen molar-refractivity contribution in [2.75, 3.05) is 23.3 Å². The molecule has 21 heavy (non-hydrogen) atoms. The molecule has 0 saturated carbocycles. The summed E-state index contributed by atoms with van der Waals surface area (Å²) in [6.07, 6.45) is 5.83. The Morgan fingerprint density at radius 1 is 1.14 bits per heavy atom. The van der Waals surface area contributed by atoms with Gasteiger partial charge in [-0.25, -0.2) is 4.39 Å². The Bertz CT molecular complexity index is 592. The van der Waals surface area contributed by atoms with Gasteiger partial charge in [-0.2, -0.15) is 0 Å². The molecule has 1 aromatic heterocycles. The molecule has 1 saturated heterocycles. The van der Waals surface area contributed by atoms with Crippen LogP contribution in [0.1, 0.15) is 18.4 Å². The van der Waals surface area contributed by atoms with E-state index in [1.165, 1.54) is 11.8 Å². The summed E-state index contributed by atoms with van der Waals surface area (Å²) in [5.74, 6) is -0.175. The van der Waals surface area contributed by atoms with E-state index in [-0.39, 0.29) is 5.82 Å². The van der Waals surface area contributed by atoms with Gasteiger partial charge in [0.2, 0.25) is 0 Å². The maximum Gasteiger partial charge on any atom is 0.123 e. The van der Waals surface area contributed by atoms with Gasteiger partial charge in [-0.15, -0.1) is 0 Å². The molecule has 1 N–H and O–H groups in total. The minimum atomic E-state index is -0.175. The molecule has 2 heterocycles. The van der Waals surface area contributed by atoms with Crippen LogP contribution in [0.4, 0.5) is 15.8 Å². The van der Waals surface area contributed by atoms with Crippen molar-refractivity contribution in [3.63, 3.8) is 0 Å². The predicted molar refractivity (Wildman–Crippen MR) is 84.2 cm³/mol. The summed E-state index contributed by atoms with van der Waals surface area (Å²) < 4.78 is 13.1. The van der Waals surface area contributed by atoms with Crippen LogP contribution >= 0.6 is 0 Å². The molecular weight excluding hydrogens is 265 g/mol. The van der Waals surface area contributed by atoms with Gasteiger partial charge in [-0.05, 0) is 55.7 Å². The second-order valence-corrected chi connectivity index (χ2v) is 5.57. The van der Waals surface area contributed by atoms with Gasteiger partial charge in [0.25, 0.3) is 0 Å². The molecule has 0 spiro atoms. The van der Waals surface area contributed by atoms with Crippen LogP contribution < -0.4 is 10.2 Å². The van der Waals surface area contributed by atoms with Crippen LogP contribution in [-0.2, 0) is 0 Å². The smallest absolute Gasteiger partial charge is 0.123 e. The zero-order valence-corrected chi connectivity index (χ0v) is 12.2. The number of rotatable bonds is 3. The average molecular weight is 285 g/mol. The lowest BCUT2D eigenvalue weighted by molar-refractivity contribution is 0.526. The highest BCUT2D eigenvalue weighted by Gasteiger charge is 2.19. The first-order valence-corrected chi connectivity index (χ1v) is 7.40. The highest BCUT2D eigenvalue weighted by atomic mass is 19.1. The maximum absolute atomic E-state index is 13.1. The van der Waals surface area contributed by atoms with Crippen molar-refractivity contribution in [2.24, 2.45) is 0 Å². The topological polar surface area (TPSA) is 28.2 Å². The van der Waals surface area contributed by atoms with E-state index >= 15 is 0 Å². The van der Waals surface area contributed by atoms with E-state index < -0.39 is 0 Å². The molecule has 0 aliphatic carbocycles. The molecule has 3 nitrogen and oxygen atoms in total. The number of aromatic nitrogens is 1. The van der Waals surface area contributed by atoms with Gasteiger partial charge in [0.1, 0.15) is 5.82 Å². The van der Waals surface area contributed by atoms with Gasteiger partial charge < -0.3 is 10.2 Å². The Hall–Kier alpha value is -2.10. The van der Waals surface area contributed by atoms with Crippen LogP contribution in [0.25, 0.3) is 0 Å². The van der Waals surface area contributed by atoms with Crippen molar-refractivity contribution < 1.29 is 4.39 Å². The maximum atomic E-state index is 13.1. The SMILES string of the molecule is Cc1cc(F)ccc1NC1CCN(c2ccncc2)CC1. The number of halogens is 1. The zero-order chi connectivity index (χ0) is 14.7. The lowest BCUT2D eigenvalue weighted by Gasteiger charge is -2.34. The van der Waals surface area contributed by atoms with Crippen LogP contribution in [0, 0.1) is 12.7 Å². The number of benzene rings is 1. The van der Waals surface area contributed by atoms with Crippen LogP contribution in [0.2, 0.25) is 0 Å². The van der Waals surface area contributed by atoms with Gasteiger partial charge >= 0.3 is 0 Å². The molecule has 0 amide bonds. The molecule has 3 rings (SSSR count). The zero-order valence-electron chi connectivity index (χ0n) is 12.2. The summed E-state index contributed by atoms with van der Waals surface area (Å²) >= 11 is 0. The third kappa shape index (κ3) is 3.32. The average Bonchev–Trinajstić information content (AvgIpc) is 2.52. The summed E-state index contributed by atoms with van der Waals surface area (Å²) in [7, 11) is 0. The number of nitrogens with zero attached hydrogens (tertiary/aromatic N) is 2. The molecule has 1 aliphatic heterocycles. The van der Waals surface area contributed by atoms with Crippen molar-refractivity contribution in [1.29, 1.82) is 0 Å². The Kier molecular flexibility index (Phi) is 4.04. The van der Waals surface area contributed by atoms with Gasteiger partial charge in [0.05, 0.1) is 0 Å². The molecule has 0 bridgehead atoms. The van der Waals surface area contributed by atoms with Crippen molar-refractivity contribution in [2.45, 2.75) is 25.8 Å². The van der Waals surface area contributed by atoms with Crippen LogP contribution in [0.15, 0.2) is 42.7 Å². The Balaban J connectivity index is 1.59. The van der Waals surface area contributed by atoms with Crippen molar-refractivity contribution >= 4 is 11.4 Å². The van der Waals surface area contributed by atoms with Crippen LogP contribution in [0.5, 0.6) is 0 Å². The van der Waals surface area contributed by atoms with Gasteiger partial charge in [-0.3, -0.25) is 4.98 Å². The fraction of sp³-hybridized carbons (Fsp3) is 0.353.